The molecule has 1 unspecified atom stereocenters. The molecule has 0 bridgehead atoms. The summed E-state index contributed by atoms with van der Waals surface area (Å²) in [5, 5.41) is 10.8. The average molecular weight is 279 g/mol. The summed E-state index contributed by atoms with van der Waals surface area (Å²) in [7, 11) is 0. The maximum absolute atomic E-state index is 12.2. The molecule has 1 aromatic heterocycles. The molecule has 0 radical (unpaired) electrons. The van der Waals surface area contributed by atoms with Crippen molar-refractivity contribution < 1.29 is 14.7 Å². The predicted molar refractivity (Wildman–Crippen MR) is 72.1 cm³/mol. The summed E-state index contributed by atoms with van der Waals surface area (Å²) in [6, 6.07) is 2.34. The van der Waals surface area contributed by atoms with E-state index in [0.717, 1.165) is 13.0 Å². The highest BCUT2D eigenvalue weighted by molar-refractivity contribution is 7.10. The number of aliphatic carboxylic acids is 1. The second-order valence-corrected chi connectivity index (χ2v) is 6.31. The topological polar surface area (TPSA) is 57.6 Å². The Morgan fingerprint density at radius 3 is 2.84 bits per heavy atom. The van der Waals surface area contributed by atoms with Gasteiger partial charge >= 0.3 is 5.97 Å². The fraction of sp³-hybridized carbons (Fsp3) is 0.571. The summed E-state index contributed by atoms with van der Waals surface area (Å²) in [5.41, 5.74) is 1.31. The Labute approximate surface area is 116 Å². The van der Waals surface area contributed by atoms with Crippen LogP contribution < -0.4 is 0 Å². The third kappa shape index (κ3) is 2.52. The lowest BCUT2D eigenvalue weighted by Crippen LogP contribution is -2.40. The van der Waals surface area contributed by atoms with E-state index in [1.54, 1.807) is 11.3 Å². The van der Waals surface area contributed by atoms with Crippen molar-refractivity contribution in [2.75, 3.05) is 6.54 Å². The molecule has 1 aromatic rings. The van der Waals surface area contributed by atoms with Crippen LogP contribution in [0.5, 0.6) is 0 Å². The first-order valence-electron chi connectivity index (χ1n) is 6.74. The zero-order valence-corrected chi connectivity index (χ0v) is 11.5. The maximum Gasteiger partial charge on any atom is 0.303 e. The minimum absolute atomic E-state index is 0.00356. The molecule has 1 saturated carbocycles. The number of hydrogen-bond acceptors (Lipinski definition) is 3. The molecule has 1 aliphatic carbocycles. The number of hydrogen-bond donors (Lipinski definition) is 1. The summed E-state index contributed by atoms with van der Waals surface area (Å²) in [5.74, 6) is -0.317. The lowest BCUT2D eigenvalue weighted by atomic mass is 9.95. The van der Waals surface area contributed by atoms with Crippen molar-refractivity contribution in [3.05, 3.63) is 21.9 Å². The van der Waals surface area contributed by atoms with E-state index in [9.17, 15) is 9.59 Å². The van der Waals surface area contributed by atoms with Crippen molar-refractivity contribution in [1.29, 1.82) is 0 Å². The van der Waals surface area contributed by atoms with Gasteiger partial charge in [-0.05, 0) is 42.2 Å². The van der Waals surface area contributed by atoms with Crippen molar-refractivity contribution >= 4 is 23.2 Å². The first kappa shape index (κ1) is 12.7. The maximum atomic E-state index is 12.2. The van der Waals surface area contributed by atoms with Crippen molar-refractivity contribution in [3.63, 3.8) is 0 Å². The van der Waals surface area contributed by atoms with Gasteiger partial charge in [-0.1, -0.05) is 0 Å². The highest BCUT2D eigenvalue weighted by Gasteiger charge is 2.41. The van der Waals surface area contributed by atoms with Crippen molar-refractivity contribution in [2.45, 2.75) is 38.1 Å². The molecule has 3 rings (SSSR count). The monoisotopic (exact) mass is 279 g/mol. The number of fused-ring (bicyclic) bond motifs is 1. The number of carboxylic acids is 1. The minimum Gasteiger partial charge on any atom is -0.481 e. The van der Waals surface area contributed by atoms with E-state index in [1.165, 1.54) is 23.3 Å². The lowest BCUT2D eigenvalue weighted by molar-refractivity contribution is -0.142. The van der Waals surface area contributed by atoms with E-state index in [4.69, 9.17) is 5.11 Å². The molecule has 1 amide bonds. The quantitative estimate of drug-likeness (QED) is 0.921. The molecule has 1 aliphatic heterocycles. The Bertz CT molecular complexity index is 507. The molecule has 0 saturated heterocycles. The Morgan fingerprint density at radius 2 is 2.16 bits per heavy atom. The Morgan fingerprint density at radius 1 is 1.37 bits per heavy atom. The fourth-order valence-corrected chi connectivity index (χ4v) is 3.82. The molecule has 4 nitrogen and oxygen atoms in total. The second-order valence-electron chi connectivity index (χ2n) is 5.31. The summed E-state index contributed by atoms with van der Waals surface area (Å²) in [6.07, 6.45) is 3.33. The molecule has 0 spiro atoms. The van der Waals surface area contributed by atoms with Crippen LogP contribution in [0.15, 0.2) is 11.4 Å². The van der Waals surface area contributed by atoms with Crippen LogP contribution in [0, 0.1) is 5.92 Å². The highest BCUT2D eigenvalue weighted by Crippen LogP contribution is 2.48. The number of nitrogens with zero attached hydrogens (tertiary/aromatic N) is 1. The van der Waals surface area contributed by atoms with Gasteiger partial charge in [0.2, 0.25) is 5.91 Å². The molecule has 1 N–H and O–H groups in total. The summed E-state index contributed by atoms with van der Waals surface area (Å²) >= 11 is 1.77. The van der Waals surface area contributed by atoms with Gasteiger partial charge in [-0.3, -0.25) is 9.59 Å². The van der Waals surface area contributed by atoms with Crippen LogP contribution in [0.4, 0.5) is 0 Å². The molecule has 19 heavy (non-hydrogen) atoms. The third-order valence-electron chi connectivity index (χ3n) is 3.96. The van der Waals surface area contributed by atoms with E-state index in [2.05, 4.69) is 11.4 Å². The molecule has 1 fully saturated rings. The lowest BCUT2D eigenvalue weighted by Gasteiger charge is -2.36. The van der Waals surface area contributed by atoms with Crippen LogP contribution in [0.1, 0.15) is 42.2 Å². The number of rotatable bonds is 4. The van der Waals surface area contributed by atoms with E-state index < -0.39 is 5.97 Å². The van der Waals surface area contributed by atoms with Crippen molar-refractivity contribution in [3.8, 4) is 0 Å². The molecule has 5 heteroatoms. The van der Waals surface area contributed by atoms with Crippen LogP contribution in [0.25, 0.3) is 0 Å². The van der Waals surface area contributed by atoms with Crippen LogP contribution in [-0.2, 0) is 16.0 Å². The largest absolute Gasteiger partial charge is 0.481 e. The number of carbonyl (C=O) groups is 2. The average Bonchev–Trinajstić information content (AvgIpc) is 3.11. The first-order valence-corrected chi connectivity index (χ1v) is 7.62. The molecule has 0 aromatic carbocycles. The Hall–Kier alpha value is -1.36. The second kappa shape index (κ2) is 4.96. The van der Waals surface area contributed by atoms with E-state index in [1.807, 2.05) is 4.90 Å². The standard InChI is InChI=1S/C14H17NO3S/c16-12(3-4-13(17)18)15-7-5-11-10(6-8-19-11)14(15)9-1-2-9/h6,8-9,14H,1-5,7H2,(H,17,18). The van der Waals surface area contributed by atoms with Gasteiger partial charge in [0.05, 0.1) is 12.5 Å². The number of amides is 1. The fourth-order valence-electron chi connectivity index (χ4n) is 2.90. The van der Waals surface area contributed by atoms with Gasteiger partial charge in [-0.25, -0.2) is 0 Å². The van der Waals surface area contributed by atoms with E-state index >= 15 is 0 Å². The smallest absolute Gasteiger partial charge is 0.303 e. The molecule has 102 valence electrons. The first-order chi connectivity index (χ1) is 9.16. The molecule has 2 aliphatic rings. The van der Waals surface area contributed by atoms with Crippen molar-refractivity contribution in [2.24, 2.45) is 5.92 Å². The highest BCUT2D eigenvalue weighted by atomic mass is 32.1. The molecule has 2 heterocycles. The summed E-state index contributed by atoms with van der Waals surface area (Å²) in [4.78, 5) is 26.2. The van der Waals surface area contributed by atoms with Crippen LogP contribution in [0.2, 0.25) is 0 Å². The predicted octanol–water partition coefficient (Wildman–Crippen LogP) is 2.45. The molecular weight excluding hydrogens is 262 g/mol. The van der Waals surface area contributed by atoms with Gasteiger partial charge in [0, 0.05) is 17.8 Å². The van der Waals surface area contributed by atoms with Gasteiger partial charge in [0.25, 0.3) is 0 Å². The van der Waals surface area contributed by atoms with Crippen molar-refractivity contribution in [1.82, 2.24) is 4.90 Å². The SMILES string of the molecule is O=C(O)CCC(=O)N1CCc2sccc2C1C1CC1. The minimum atomic E-state index is -0.899. The van der Waals surface area contributed by atoms with Gasteiger partial charge < -0.3 is 10.0 Å². The van der Waals surface area contributed by atoms with Crippen LogP contribution >= 0.6 is 11.3 Å². The zero-order valence-electron chi connectivity index (χ0n) is 10.7. The summed E-state index contributed by atoms with van der Waals surface area (Å²) < 4.78 is 0. The summed E-state index contributed by atoms with van der Waals surface area (Å²) in [6.45, 7) is 0.743. The normalized spacial score (nSPS) is 22.1. The molecular formula is C14H17NO3S. The number of carbonyl (C=O) groups excluding carboxylic acids is 1. The number of carboxylic acid groups (broad SMARTS) is 1. The number of thiophene rings is 1. The van der Waals surface area contributed by atoms with Crippen LogP contribution in [0.3, 0.4) is 0 Å². The van der Waals surface area contributed by atoms with E-state index in [0.29, 0.717) is 5.92 Å². The molecule has 1 atom stereocenters. The van der Waals surface area contributed by atoms with E-state index in [-0.39, 0.29) is 24.8 Å². The van der Waals surface area contributed by atoms with Crippen LogP contribution in [-0.4, -0.2) is 28.4 Å². The van der Waals surface area contributed by atoms with Gasteiger partial charge in [0.1, 0.15) is 0 Å². The Kier molecular flexibility index (Phi) is 3.31. The van der Waals surface area contributed by atoms with Gasteiger partial charge in [0.15, 0.2) is 0 Å². The Balaban J connectivity index is 1.78. The van der Waals surface area contributed by atoms with Gasteiger partial charge in [-0.15, -0.1) is 11.3 Å². The third-order valence-corrected chi connectivity index (χ3v) is 4.95. The zero-order chi connectivity index (χ0) is 13.4. The van der Waals surface area contributed by atoms with Gasteiger partial charge in [-0.2, -0.15) is 0 Å².